The highest BCUT2D eigenvalue weighted by molar-refractivity contribution is 7.99. The first-order valence-electron chi connectivity index (χ1n) is 5.56. The zero-order valence-corrected chi connectivity index (χ0v) is 11.1. The standard InChI is InChI=1S/C14H13FN2OS/c1-18-9-4-2-5-10(8-9)19-12-7-3-6-11(15)13(12)14(16)17/h2-8H,1H3,(H3,16,17). The third-order valence-electron chi connectivity index (χ3n) is 2.51. The fourth-order valence-corrected chi connectivity index (χ4v) is 2.67. The molecule has 2 aromatic carbocycles. The van der Waals surface area contributed by atoms with Crippen LogP contribution in [0.3, 0.4) is 0 Å². The lowest BCUT2D eigenvalue weighted by Crippen LogP contribution is -2.14. The van der Waals surface area contributed by atoms with E-state index in [2.05, 4.69) is 0 Å². The normalized spacial score (nSPS) is 10.2. The van der Waals surface area contributed by atoms with Crippen molar-refractivity contribution in [2.45, 2.75) is 9.79 Å². The second kappa shape index (κ2) is 5.75. The molecule has 0 radical (unpaired) electrons. The minimum absolute atomic E-state index is 0.135. The van der Waals surface area contributed by atoms with Crippen LogP contribution in [-0.4, -0.2) is 12.9 Å². The van der Waals surface area contributed by atoms with Gasteiger partial charge in [-0.3, -0.25) is 5.41 Å². The number of nitrogens with one attached hydrogen (secondary N) is 1. The Labute approximate surface area is 115 Å². The van der Waals surface area contributed by atoms with Gasteiger partial charge in [0.1, 0.15) is 17.4 Å². The van der Waals surface area contributed by atoms with Crippen molar-refractivity contribution >= 4 is 17.6 Å². The van der Waals surface area contributed by atoms with Crippen LogP contribution in [0.15, 0.2) is 52.3 Å². The first kappa shape index (κ1) is 13.4. The lowest BCUT2D eigenvalue weighted by molar-refractivity contribution is 0.413. The van der Waals surface area contributed by atoms with Gasteiger partial charge < -0.3 is 10.5 Å². The lowest BCUT2D eigenvalue weighted by atomic mass is 10.2. The maximum atomic E-state index is 13.7. The van der Waals surface area contributed by atoms with Gasteiger partial charge in [-0.2, -0.15) is 0 Å². The van der Waals surface area contributed by atoms with Gasteiger partial charge in [0.25, 0.3) is 0 Å². The summed E-state index contributed by atoms with van der Waals surface area (Å²) < 4.78 is 18.8. The van der Waals surface area contributed by atoms with E-state index in [-0.39, 0.29) is 11.4 Å². The molecule has 0 fully saturated rings. The molecule has 0 atom stereocenters. The summed E-state index contributed by atoms with van der Waals surface area (Å²) in [4.78, 5) is 1.51. The average molecular weight is 276 g/mol. The molecule has 2 rings (SSSR count). The number of methoxy groups -OCH3 is 1. The minimum atomic E-state index is -0.486. The van der Waals surface area contributed by atoms with Crippen molar-refractivity contribution < 1.29 is 9.13 Å². The summed E-state index contributed by atoms with van der Waals surface area (Å²) in [5, 5.41) is 7.46. The molecule has 0 saturated carbocycles. The molecule has 98 valence electrons. The van der Waals surface area contributed by atoms with Crippen LogP contribution in [-0.2, 0) is 0 Å². The third-order valence-corrected chi connectivity index (χ3v) is 3.56. The van der Waals surface area contributed by atoms with Crippen LogP contribution >= 0.6 is 11.8 Å². The van der Waals surface area contributed by atoms with E-state index < -0.39 is 5.82 Å². The molecule has 0 aromatic heterocycles. The van der Waals surface area contributed by atoms with Crippen molar-refractivity contribution in [2.24, 2.45) is 5.73 Å². The molecular formula is C14H13FN2OS. The van der Waals surface area contributed by atoms with E-state index in [4.69, 9.17) is 15.9 Å². The second-order valence-corrected chi connectivity index (χ2v) is 4.92. The van der Waals surface area contributed by atoms with Crippen LogP contribution in [0.25, 0.3) is 0 Å². The highest BCUT2D eigenvalue weighted by Crippen LogP contribution is 2.33. The highest BCUT2D eigenvalue weighted by atomic mass is 32.2. The Morgan fingerprint density at radius 2 is 2.00 bits per heavy atom. The summed E-state index contributed by atoms with van der Waals surface area (Å²) in [7, 11) is 1.59. The van der Waals surface area contributed by atoms with Gasteiger partial charge >= 0.3 is 0 Å². The number of hydrogen-bond donors (Lipinski definition) is 2. The van der Waals surface area contributed by atoms with Crippen molar-refractivity contribution in [3.05, 3.63) is 53.8 Å². The molecule has 0 spiro atoms. The van der Waals surface area contributed by atoms with E-state index in [9.17, 15) is 4.39 Å². The van der Waals surface area contributed by atoms with E-state index in [1.54, 1.807) is 19.2 Å². The SMILES string of the molecule is COc1cccc(Sc2cccc(F)c2C(=N)N)c1. The number of nitrogen functional groups attached to an aromatic ring is 1. The van der Waals surface area contributed by atoms with Crippen LogP contribution in [0.5, 0.6) is 5.75 Å². The predicted molar refractivity (Wildman–Crippen MR) is 74.5 cm³/mol. The molecule has 0 heterocycles. The molecule has 0 aliphatic heterocycles. The molecule has 0 aliphatic rings. The highest BCUT2D eigenvalue weighted by Gasteiger charge is 2.12. The van der Waals surface area contributed by atoms with Crippen LogP contribution in [0, 0.1) is 11.2 Å². The molecule has 0 saturated heterocycles. The molecule has 2 aromatic rings. The molecule has 0 amide bonds. The largest absolute Gasteiger partial charge is 0.497 e. The number of benzene rings is 2. The Balaban J connectivity index is 2.38. The fraction of sp³-hybridized carbons (Fsp3) is 0.0714. The van der Waals surface area contributed by atoms with E-state index in [0.717, 1.165) is 10.6 Å². The van der Waals surface area contributed by atoms with E-state index in [1.165, 1.54) is 17.8 Å². The predicted octanol–water partition coefficient (Wildman–Crippen LogP) is 3.27. The molecular weight excluding hydrogens is 263 g/mol. The van der Waals surface area contributed by atoms with Crippen LogP contribution in [0.4, 0.5) is 4.39 Å². The number of halogens is 1. The number of hydrogen-bond acceptors (Lipinski definition) is 3. The number of rotatable bonds is 4. The number of nitrogens with two attached hydrogens (primary N) is 1. The van der Waals surface area contributed by atoms with Gasteiger partial charge in [-0.15, -0.1) is 0 Å². The van der Waals surface area contributed by atoms with Crippen molar-refractivity contribution in [3.63, 3.8) is 0 Å². The zero-order valence-electron chi connectivity index (χ0n) is 10.3. The van der Waals surface area contributed by atoms with Crippen molar-refractivity contribution in [1.82, 2.24) is 0 Å². The second-order valence-electron chi connectivity index (χ2n) is 3.81. The lowest BCUT2D eigenvalue weighted by Gasteiger charge is -2.09. The summed E-state index contributed by atoms with van der Waals surface area (Å²) >= 11 is 1.35. The molecule has 19 heavy (non-hydrogen) atoms. The first-order chi connectivity index (χ1) is 9.11. The quantitative estimate of drug-likeness (QED) is 0.665. The maximum Gasteiger partial charge on any atom is 0.135 e. The molecule has 5 heteroatoms. The maximum absolute atomic E-state index is 13.7. The minimum Gasteiger partial charge on any atom is -0.497 e. The Kier molecular flexibility index (Phi) is 4.06. The van der Waals surface area contributed by atoms with E-state index in [0.29, 0.717) is 4.90 Å². The van der Waals surface area contributed by atoms with Gasteiger partial charge in [-0.05, 0) is 30.3 Å². The fourth-order valence-electron chi connectivity index (χ4n) is 1.64. The molecule has 0 unspecified atom stereocenters. The topological polar surface area (TPSA) is 59.1 Å². The molecule has 0 aliphatic carbocycles. The number of ether oxygens (including phenoxy) is 1. The number of amidine groups is 1. The van der Waals surface area contributed by atoms with E-state index in [1.807, 2.05) is 24.3 Å². The Hall–Kier alpha value is -2.01. The van der Waals surface area contributed by atoms with Crippen molar-refractivity contribution in [2.75, 3.05) is 7.11 Å². The van der Waals surface area contributed by atoms with Crippen LogP contribution < -0.4 is 10.5 Å². The van der Waals surface area contributed by atoms with Gasteiger partial charge in [-0.1, -0.05) is 23.9 Å². The van der Waals surface area contributed by atoms with Crippen molar-refractivity contribution in [3.8, 4) is 5.75 Å². The zero-order chi connectivity index (χ0) is 13.8. The summed E-state index contributed by atoms with van der Waals surface area (Å²) in [5.74, 6) is -0.0327. The Bertz CT molecular complexity index is 616. The van der Waals surface area contributed by atoms with E-state index >= 15 is 0 Å². The molecule has 3 nitrogen and oxygen atoms in total. The third kappa shape index (κ3) is 3.06. The van der Waals surface area contributed by atoms with Gasteiger partial charge in [0.05, 0.1) is 12.7 Å². The summed E-state index contributed by atoms with van der Waals surface area (Å²) in [6, 6.07) is 12.1. The average Bonchev–Trinajstić information content (AvgIpc) is 2.38. The Morgan fingerprint density at radius 3 is 2.68 bits per heavy atom. The summed E-state index contributed by atoms with van der Waals surface area (Å²) in [6.07, 6.45) is 0. The Morgan fingerprint density at radius 1 is 1.26 bits per heavy atom. The van der Waals surface area contributed by atoms with Gasteiger partial charge in [-0.25, -0.2) is 4.39 Å². The smallest absolute Gasteiger partial charge is 0.135 e. The molecule has 0 bridgehead atoms. The van der Waals surface area contributed by atoms with Crippen LogP contribution in [0.1, 0.15) is 5.56 Å². The molecule has 3 N–H and O–H groups in total. The van der Waals surface area contributed by atoms with Gasteiger partial charge in [0, 0.05) is 9.79 Å². The van der Waals surface area contributed by atoms with Crippen LogP contribution in [0.2, 0.25) is 0 Å². The first-order valence-corrected chi connectivity index (χ1v) is 6.38. The van der Waals surface area contributed by atoms with Gasteiger partial charge in [0.2, 0.25) is 0 Å². The monoisotopic (exact) mass is 276 g/mol. The van der Waals surface area contributed by atoms with Gasteiger partial charge in [0.15, 0.2) is 0 Å². The van der Waals surface area contributed by atoms with Crippen molar-refractivity contribution in [1.29, 1.82) is 5.41 Å². The summed E-state index contributed by atoms with van der Waals surface area (Å²) in [5.41, 5.74) is 5.56. The summed E-state index contributed by atoms with van der Waals surface area (Å²) in [6.45, 7) is 0.